The molecule has 0 radical (unpaired) electrons. The van der Waals surface area contributed by atoms with Crippen molar-refractivity contribution >= 4 is 5.91 Å². The molecule has 0 saturated carbocycles. The number of amides is 1. The highest BCUT2D eigenvalue weighted by Gasteiger charge is 2.28. The highest BCUT2D eigenvalue weighted by molar-refractivity contribution is 5.94. The van der Waals surface area contributed by atoms with Crippen LogP contribution in [-0.2, 0) is 11.3 Å². The minimum Gasteiger partial charge on any atom is -0.481 e. The molecule has 4 rings (SSSR count). The molecule has 2 aliphatic rings. The molecule has 6 nitrogen and oxygen atoms in total. The molecule has 2 fully saturated rings. The van der Waals surface area contributed by atoms with Gasteiger partial charge in [-0.2, -0.15) is 0 Å². The first-order valence-electron chi connectivity index (χ1n) is 10.9. The van der Waals surface area contributed by atoms with Gasteiger partial charge in [-0.05, 0) is 37.3 Å². The smallest absolute Gasteiger partial charge is 0.255 e. The standard InChI is InChI=1S/C24H31N3O3/c1-29-23-8-7-20(17-25-23)24(28)27-15-11-22(12-16-27)30-21-9-13-26(14-10-21)18-19-5-3-2-4-6-19/h2-8,17,21-22H,9-16,18H2,1H3. The van der Waals surface area contributed by atoms with Gasteiger partial charge in [0.1, 0.15) is 0 Å². The number of rotatable bonds is 6. The Labute approximate surface area is 178 Å². The molecule has 2 aliphatic heterocycles. The number of nitrogens with zero attached hydrogens (tertiary/aromatic N) is 3. The fraction of sp³-hybridized carbons (Fsp3) is 0.500. The van der Waals surface area contributed by atoms with E-state index in [1.54, 1.807) is 25.4 Å². The lowest BCUT2D eigenvalue weighted by atomic mass is 10.0. The summed E-state index contributed by atoms with van der Waals surface area (Å²) in [5.41, 5.74) is 1.99. The van der Waals surface area contributed by atoms with E-state index in [0.717, 1.165) is 58.4 Å². The zero-order valence-electron chi connectivity index (χ0n) is 17.7. The van der Waals surface area contributed by atoms with Crippen molar-refractivity contribution in [2.75, 3.05) is 33.3 Å². The van der Waals surface area contributed by atoms with Crippen molar-refractivity contribution in [3.05, 3.63) is 59.8 Å². The average molecular weight is 410 g/mol. The minimum absolute atomic E-state index is 0.0397. The van der Waals surface area contributed by atoms with Crippen LogP contribution in [0.1, 0.15) is 41.6 Å². The molecule has 1 aromatic heterocycles. The fourth-order valence-electron chi connectivity index (χ4n) is 4.32. The van der Waals surface area contributed by atoms with Crippen molar-refractivity contribution in [2.45, 2.75) is 44.4 Å². The second kappa shape index (κ2) is 10.0. The van der Waals surface area contributed by atoms with Gasteiger partial charge in [-0.25, -0.2) is 4.98 Å². The lowest BCUT2D eigenvalue weighted by Gasteiger charge is -2.37. The summed E-state index contributed by atoms with van der Waals surface area (Å²) >= 11 is 0. The maximum absolute atomic E-state index is 12.7. The Morgan fingerprint density at radius 1 is 0.967 bits per heavy atom. The predicted molar refractivity (Wildman–Crippen MR) is 116 cm³/mol. The Hall–Kier alpha value is -2.44. The molecule has 30 heavy (non-hydrogen) atoms. The largest absolute Gasteiger partial charge is 0.481 e. The zero-order valence-corrected chi connectivity index (χ0v) is 17.7. The van der Waals surface area contributed by atoms with Gasteiger partial charge in [0.15, 0.2) is 0 Å². The van der Waals surface area contributed by atoms with Crippen LogP contribution in [-0.4, -0.2) is 66.2 Å². The number of ether oxygens (including phenoxy) is 2. The van der Waals surface area contributed by atoms with E-state index in [1.807, 2.05) is 4.90 Å². The number of aromatic nitrogens is 1. The Kier molecular flexibility index (Phi) is 6.97. The Morgan fingerprint density at radius 3 is 2.23 bits per heavy atom. The van der Waals surface area contributed by atoms with E-state index >= 15 is 0 Å². The summed E-state index contributed by atoms with van der Waals surface area (Å²) in [6, 6.07) is 14.2. The van der Waals surface area contributed by atoms with Gasteiger partial charge in [0, 0.05) is 45.0 Å². The molecule has 160 valence electrons. The van der Waals surface area contributed by atoms with E-state index in [-0.39, 0.29) is 12.0 Å². The quantitative estimate of drug-likeness (QED) is 0.732. The van der Waals surface area contributed by atoms with Crippen LogP contribution in [0.25, 0.3) is 0 Å². The van der Waals surface area contributed by atoms with Crippen molar-refractivity contribution in [3.8, 4) is 5.88 Å². The van der Waals surface area contributed by atoms with Gasteiger partial charge in [0.25, 0.3) is 5.91 Å². The third-order valence-corrected chi connectivity index (χ3v) is 6.09. The minimum atomic E-state index is 0.0397. The van der Waals surface area contributed by atoms with Gasteiger partial charge in [-0.1, -0.05) is 30.3 Å². The van der Waals surface area contributed by atoms with Crippen molar-refractivity contribution in [3.63, 3.8) is 0 Å². The van der Waals surface area contributed by atoms with Crippen molar-refractivity contribution in [1.29, 1.82) is 0 Å². The molecule has 0 atom stereocenters. The van der Waals surface area contributed by atoms with Crippen LogP contribution in [0.2, 0.25) is 0 Å². The van der Waals surface area contributed by atoms with Crippen LogP contribution in [0, 0.1) is 0 Å². The molecule has 2 saturated heterocycles. The first-order chi connectivity index (χ1) is 14.7. The second-order valence-corrected chi connectivity index (χ2v) is 8.18. The Bertz CT molecular complexity index is 796. The van der Waals surface area contributed by atoms with Gasteiger partial charge >= 0.3 is 0 Å². The fourth-order valence-corrected chi connectivity index (χ4v) is 4.32. The SMILES string of the molecule is COc1ccc(C(=O)N2CCC(OC3CCN(Cc4ccccc4)CC3)CC2)cn1. The highest BCUT2D eigenvalue weighted by atomic mass is 16.5. The lowest BCUT2D eigenvalue weighted by Crippen LogP contribution is -2.43. The summed E-state index contributed by atoms with van der Waals surface area (Å²) in [6.45, 7) is 4.67. The van der Waals surface area contributed by atoms with Crippen molar-refractivity contribution in [2.24, 2.45) is 0 Å². The van der Waals surface area contributed by atoms with E-state index in [9.17, 15) is 4.79 Å². The number of carbonyl (C=O) groups excluding carboxylic acids is 1. The maximum Gasteiger partial charge on any atom is 0.255 e. The number of methoxy groups -OCH3 is 1. The van der Waals surface area contributed by atoms with Gasteiger partial charge in [-0.15, -0.1) is 0 Å². The monoisotopic (exact) mass is 409 g/mol. The first kappa shape index (κ1) is 20.8. The number of carbonyl (C=O) groups is 1. The van der Waals surface area contributed by atoms with Crippen LogP contribution >= 0.6 is 0 Å². The third-order valence-electron chi connectivity index (χ3n) is 6.09. The molecule has 6 heteroatoms. The Morgan fingerprint density at radius 2 is 1.63 bits per heavy atom. The van der Waals surface area contributed by atoms with Gasteiger partial charge in [0.05, 0.1) is 24.9 Å². The molecular weight excluding hydrogens is 378 g/mol. The van der Waals surface area contributed by atoms with Crippen LogP contribution < -0.4 is 4.74 Å². The van der Waals surface area contributed by atoms with Gasteiger partial charge < -0.3 is 14.4 Å². The number of piperidine rings is 2. The predicted octanol–water partition coefficient (Wildman–Crippen LogP) is 3.38. The summed E-state index contributed by atoms with van der Waals surface area (Å²) < 4.78 is 11.5. The van der Waals surface area contributed by atoms with Crippen LogP contribution in [0.15, 0.2) is 48.7 Å². The van der Waals surface area contributed by atoms with Gasteiger partial charge in [-0.3, -0.25) is 9.69 Å². The normalized spacial score (nSPS) is 19.0. The molecule has 0 N–H and O–H groups in total. The second-order valence-electron chi connectivity index (χ2n) is 8.18. The molecular formula is C24H31N3O3. The zero-order chi connectivity index (χ0) is 20.8. The number of likely N-dealkylation sites (tertiary alicyclic amines) is 2. The van der Waals surface area contributed by atoms with Crippen LogP contribution in [0.5, 0.6) is 5.88 Å². The molecule has 0 aliphatic carbocycles. The molecule has 2 aromatic rings. The molecule has 0 spiro atoms. The Balaban J connectivity index is 1.18. The topological polar surface area (TPSA) is 54.9 Å². The average Bonchev–Trinajstić information content (AvgIpc) is 2.81. The molecule has 1 amide bonds. The van der Waals surface area contributed by atoms with E-state index in [2.05, 4.69) is 40.2 Å². The van der Waals surface area contributed by atoms with E-state index in [4.69, 9.17) is 9.47 Å². The number of pyridine rings is 1. The lowest BCUT2D eigenvalue weighted by molar-refractivity contribution is -0.0629. The van der Waals surface area contributed by atoms with E-state index in [0.29, 0.717) is 17.5 Å². The van der Waals surface area contributed by atoms with Crippen molar-refractivity contribution in [1.82, 2.24) is 14.8 Å². The third kappa shape index (κ3) is 5.37. The molecule has 0 bridgehead atoms. The summed E-state index contributed by atoms with van der Waals surface area (Å²) in [7, 11) is 1.57. The number of hydrogen-bond acceptors (Lipinski definition) is 5. The van der Waals surface area contributed by atoms with Crippen LogP contribution in [0.3, 0.4) is 0 Å². The van der Waals surface area contributed by atoms with E-state index in [1.165, 1.54) is 5.56 Å². The highest BCUT2D eigenvalue weighted by Crippen LogP contribution is 2.23. The maximum atomic E-state index is 12.7. The first-order valence-corrected chi connectivity index (χ1v) is 10.9. The summed E-state index contributed by atoms with van der Waals surface area (Å²) in [5.74, 6) is 0.561. The number of hydrogen-bond donors (Lipinski definition) is 0. The summed E-state index contributed by atoms with van der Waals surface area (Å²) in [4.78, 5) is 21.2. The number of benzene rings is 1. The summed E-state index contributed by atoms with van der Waals surface area (Å²) in [6.07, 6.45) is 6.17. The van der Waals surface area contributed by atoms with Crippen LogP contribution in [0.4, 0.5) is 0 Å². The van der Waals surface area contributed by atoms with Gasteiger partial charge in [0.2, 0.25) is 5.88 Å². The van der Waals surface area contributed by atoms with E-state index < -0.39 is 0 Å². The molecule has 1 aromatic carbocycles. The van der Waals surface area contributed by atoms with Crippen molar-refractivity contribution < 1.29 is 14.3 Å². The molecule has 3 heterocycles. The summed E-state index contributed by atoms with van der Waals surface area (Å²) in [5, 5.41) is 0. The molecule has 0 unspecified atom stereocenters.